The van der Waals surface area contributed by atoms with Crippen molar-refractivity contribution in [1.82, 2.24) is 0 Å². The summed E-state index contributed by atoms with van der Waals surface area (Å²) in [6, 6.07) is 23.2. The van der Waals surface area contributed by atoms with Crippen LogP contribution in [0.4, 0.5) is 15.8 Å². The van der Waals surface area contributed by atoms with Gasteiger partial charge in [-0.3, -0.25) is 0 Å². The summed E-state index contributed by atoms with van der Waals surface area (Å²) < 4.78 is 19.8. The number of ether oxygens (including phenoxy) is 1. The van der Waals surface area contributed by atoms with Crippen LogP contribution in [-0.4, -0.2) is 16.7 Å². The summed E-state index contributed by atoms with van der Waals surface area (Å²) in [7, 11) is 0. The van der Waals surface area contributed by atoms with E-state index in [1.165, 1.54) is 12.1 Å². The molecule has 2 unspecified atom stereocenters. The number of hydrogen-bond donors (Lipinski definition) is 1. The van der Waals surface area contributed by atoms with E-state index < -0.39 is 5.60 Å². The van der Waals surface area contributed by atoms with Crippen molar-refractivity contribution in [2.24, 2.45) is 5.92 Å². The second-order valence-electron chi connectivity index (χ2n) is 9.46. The Morgan fingerprint density at radius 2 is 1.69 bits per heavy atom. The molecule has 1 saturated carbocycles. The molecule has 0 saturated heterocycles. The normalized spacial score (nSPS) is 28.8. The number of rotatable bonds is 5. The predicted molar refractivity (Wildman–Crippen MR) is 134 cm³/mol. The standard InChI is InChI=1S/C27H27FINO2/c1-26(31)15-19(16-26)25-27(2,29)24-22(30(25)21-13-11-20(28)12-14-21)9-6-10-23(24)32-17-18-7-4-3-5-8-18/h3-14,19,25,31H,15-17H2,1-2H3/t19-,25?,26-,27?. The van der Waals surface area contributed by atoms with Gasteiger partial charge in [-0.2, -0.15) is 0 Å². The zero-order valence-electron chi connectivity index (χ0n) is 18.3. The summed E-state index contributed by atoms with van der Waals surface area (Å²) >= 11 is 2.56. The molecule has 5 heteroatoms. The number of alkyl halides is 1. The van der Waals surface area contributed by atoms with Crippen molar-refractivity contribution >= 4 is 34.0 Å². The number of nitrogens with zero attached hydrogens (tertiary/aromatic N) is 1. The minimum absolute atomic E-state index is 0.130. The quantitative estimate of drug-likeness (QED) is 0.286. The van der Waals surface area contributed by atoms with Crippen LogP contribution in [0.5, 0.6) is 5.75 Å². The Hall–Kier alpha value is -2.12. The molecule has 5 rings (SSSR count). The second kappa shape index (κ2) is 8.03. The van der Waals surface area contributed by atoms with Crippen molar-refractivity contribution in [2.45, 2.75) is 48.4 Å². The second-order valence-corrected chi connectivity index (χ2v) is 11.7. The minimum Gasteiger partial charge on any atom is -0.488 e. The maximum Gasteiger partial charge on any atom is 0.126 e. The van der Waals surface area contributed by atoms with Gasteiger partial charge in [-0.1, -0.05) is 59.0 Å². The number of halogens is 2. The van der Waals surface area contributed by atoms with Gasteiger partial charge in [-0.25, -0.2) is 4.39 Å². The average molecular weight is 543 g/mol. The topological polar surface area (TPSA) is 32.7 Å². The van der Waals surface area contributed by atoms with E-state index in [1.807, 2.05) is 49.4 Å². The molecule has 166 valence electrons. The van der Waals surface area contributed by atoms with Gasteiger partial charge >= 0.3 is 0 Å². The first-order chi connectivity index (χ1) is 15.3. The van der Waals surface area contributed by atoms with E-state index in [0.29, 0.717) is 12.5 Å². The van der Waals surface area contributed by atoms with Gasteiger partial charge in [0.2, 0.25) is 0 Å². The highest BCUT2D eigenvalue weighted by molar-refractivity contribution is 14.1. The number of benzene rings is 3. The summed E-state index contributed by atoms with van der Waals surface area (Å²) in [4.78, 5) is 2.33. The lowest BCUT2D eigenvalue weighted by Gasteiger charge is -2.49. The van der Waals surface area contributed by atoms with Crippen LogP contribution in [0.2, 0.25) is 0 Å². The van der Waals surface area contributed by atoms with Gasteiger partial charge in [0.15, 0.2) is 0 Å². The fourth-order valence-electron chi connectivity index (χ4n) is 5.46. The van der Waals surface area contributed by atoms with Crippen LogP contribution in [0.3, 0.4) is 0 Å². The molecular weight excluding hydrogens is 516 g/mol. The van der Waals surface area contributed by atoms with Crippen LogP contribution in [0.15, 0.2) is 72.8 Å². The van der Waals surface area contributed by atoms with Gasteiger partial charge in [0.25, 0.3) is 0 Å². The van der Waals surface area contributed by atoms with Crippen LogP contribution in [0.1, 0.15) is 37.8 Å². The Labute approximate surface area is 202 Å². The Morgan fingerprint density at radius 1 is 1.00 bits per heavy atom. The zero-order chi connectivity index (χ0) is 22.5. The Balaban J connectivity index is 1.57. The van der Waals surface area contributed by atoms with Crippen LogP contribution in [0, 0.1) is 11.7 Å². The van der Waals surface area contributed by atoms with Crippen LogP contribution in [-0.2, 0) is 10.0 Å². The molecule has 1 aliphatic carbocycles. The van der Waals surface area contributed by atoms with E-state index in [-0.39, 0.29) is 15.3 Å². The van der Waals surface area contributed by atoms with E-state index in [4.69, 9.17) is 4.74 Å². The van der Waals surface area contributed by atoms with E-state index in [9.17, 15) is 9.50 Å². The van der Waals surface area contributed by atoms with Crippen molar-refractivity contribution in [3.8, 4) is 5.75 Å². The molecular formula is C27H27FINO2. The highest BCUT2D eigenvalue weighted by Crippen LogP contribution is 2.61. The molecule has 0 spiro atoms. The van der Waals surface area contributed by atoms with Crippen molar-refractivity contribution in [1.29, 1.82) is 0 Å². The molecule has 1 heterocycles. The van der Waals surface area contributed by atoms with Gasteiger partial charge < -0.3 is 14.7 Å². The van der Waals surface area contributed by atoms with Crippen molar-refractivity contribution in [2.75, 3.05) is 4.90 Å². The van der Waals surface area contributed by atoms with Crippen LogP contribution in [0.25, 0.3) is 0 Å². The van der Waals surface area contributed by atoms with Gasteiger partial charge in [0, 0.05) is 16.9 Å². The fraction of sp³-hybridized carbons (Fsp3) is 0.333. The van der Waals surface area contributed by atoms with Gasteiger partial charge in [0.1, 0.15) is 18.2 Å². The molecule has 2 atom stereocenters. The monoisotopic (exact) mass is 543 g/mol. The fourth-order valence-corrected chi connectivity index (χ4v) is 6.78. The molecule has 0 amide bonds. The van der Waals surface area contributed by atoms with Crippen molar-refractivity contribution in [3.63, 3.8) is 0 Å². The molecule has 3 aromatic rings. The summed E-state index contributed by atoms with van der Waals surface area (Å²) in [6.45, 7) is 4.67. The Bertz CT molecular complexity index is 1110. The molecule has 3 aromatic carbocycles. The highest BCUT2D eigenvalue weighted by Gasteiger charge is 2.56. The first-order valence-electron chi connectivity index (χ1n) is 11.0. The lowest BCUT2D eigenvalue weighted by atomic mass is 9.66. The molecule has 0 aromatic heterocycles. The smallest absolute Gasteiger partial charge is 0.126 e. The molecule has 1 aliphatic heterocycles. The van der Waals surface area contributed by atoms with E-state index in [1.54, 1.807) is 0 Å². The van der Waals surface area contributed by atoms with Crippen molar-refractivity contribution < 1.29 is 14.2 Å². The van der Waals surface area contributed by atoms with Crippen LogP contribution >= 0.6 is 22.6 Å². The first kappa shape index (κ1) is 21.7. The first-order valence-corrected chi connectivity index (χ1v) is 12.1. The summed E-state index contributed by atoms with van der Waals surface area (Å²) in [5, 5.41) is 10.5. The van der Waals surface area contributed by atoms with Gasteiger partial charge in [-0.05, 0) is 74.6 Å². The number of anilines is 2. The highest BCUT2D eigenvalue weighted by atomic mass is 127. The Morgan fingerprint density at radius 3 is 2.34 bits per heavy atom. The third-order valence-electron chi connectivity index (χ3n) is 6.78. The van der Waals surface area contributed by atoms with E-state index in [2.05, 4.69) is 52.6 Å². The summed E-state index contributed by atoms with van der Waals surface area (Å²) in [5.41, 5.74) is 3.73. The lowest BCUT2D eigenvalue weighted by molar-refractivity contribution is -0.0661. The van der Waals surface area contributed by atoms with E-state index >= 15 is 0 Å². The molecule has 1 N–H and O–H groups in total. The van der Waals surface area contributed by atoms with Gasteiger partial charge in [0.05, 0.1) is 15.1 Å². The molecule has 0 radical (unpaired) electrons. The molecule has 2 aliphatic rings. The third-order valence-corrected chi connectivity index (χ3v) is 7.96. The minimum atomic E-state index is -0.618. The predicted octanol–water partition coefficient (Wildman–Crippen LogP) is 6.74. The summed E-state index contributed by atoms with van der Waals surface area (Å²) in [6.07, 6.45) is 1.50. The van der Waals surface area contributed by atoms with Crippen molar-refractivity contribution in [3.05, 3.63) is 89.7 Å². The maximum atomic E-state index is 13.7. The molecule has 0 bridgehead atoms. The average Bonchev–Trinajstić information content (AvgIpc) is 2.99. The maximum absolute atomic E-state index is 13.7. The summed E-state index contributed by atoms with van der Waals surface area (Å²) in [5.74, 6) is 0.962. The SMILES string of the molecule is CC1(I)c2c(OCc3ccccc3)cccc2N(c2ccc(F)cc2)C1[C@H]1C[C@](C)(O)C1. The number of hydrogen-bond acceptors (Lipinski definition) is 3. The largest absolute Gasteiger partial charge is 0.488 e. The van der Waals surface area contributed by atoms with Crippen LogP contribution < -0.4 is 9.64 Å². The zero-order valence-corrected chi connectivity index (χ0v) is 20.4. The Kier molecular flexibility index (Phi) is 5.45. The van der Waals surface area contributed by atoms with E-state index in [0.717, 1.165) is 41.1 Å². The third kappa shape index (κ3) is 3.79. The molecule has 3 nitrogen and oxygen atoms in total. The molecule has 1 fully saturated rings. The molecule has 32 heavy (non-hydrogen) atoms. The number of aliphatic hydroxyl groups is 1. The lowest BCUT2D eigenvalue weighted by Crippen LogP contribution is -2.54. The number of fused-ring (bicyclic) bond motifs is 1. The van der Waals surface area contributed by atoms with Gasteiger partial charge in [-0.15, -0.1) is 0 Å².